The topological polar surface area (TPSA) is 404 Å². The van der Waals surface area contributed by atoms with Gasteiger partial charge in [-0.3, -0.25) is 19.2 Å². The van der Waals surface area contributed by atoms with E-state index in [1.54, 1.807) is 49.6 Å². The van der Waals surface area contributed by atoms with Gasteiger partial charge in [0, 0.05) is 143 Å². The largest absolute Gasteiger partial charge is 0.481 e. The molecule has 16 atom stereocenters. The number of halogens is 8. The summed E-state index contributed by atoms with van der Waals surface area (Å²) in [6, 6.07) is 27.8. The number of aryl methyl sites for hydroxylation is 4. The normalized spacial score (nSPS) is 21.0. The first-order chi connectivity index (χ1) is 66.8. The molecule has 736 valence electrons. The maximum Gasteiger partial charge on any atom is 0.306 e. The third-order valence-corrected chi connectivity index (χ3v) is 27.5. The highest BCUT2D eigenvalue weighted by molar-refractivity contribution is 5.76. The van der Waals surface area contributed by atoms with Crippen molar-refractivity contribution in [1.82, 2.24) is 79.7 Å². The van der Waals surface area contributed by atoms with Crippen LogP contribution in [0.1, 0.15) is 250 Å². The molecule has 36 heteroatoms. The first-order valence-corrected chi connectivity index (χ1v) is 47.0. The molecule has 16 rings (SSSR count). The van der Waals surface area contributed by atoms with Gasteiger partial charge in [0.2, 0.25) is 23.8 Å². The Hall–Kier alpha value is -14.0. The SMILES string of the molecule is Cc1cc(Nc2nccc(C(F)F)n2)cc(-c2cnc([C@@H](C)[C@@H]3CC[C@H](C(=O)O)[C@H](C)C3)nc2)c1.Cc1cc(Nc2nccc(C(F)F)n2)cc(-c2cnc([C@@H](C)[C@H]3CC[C@@H](C(=O)O)[C@@H](C)C3)nc2)c1.Cc1cc(Nc2nccc(C(F)F)n2)cc(-c2cnc([C@H](C)[C@@H]3CC[C@H](C(=O)O)[C@H](C)C3)nc2)c1.Cc1cc(Nc2nccc(C(F)F)n2)cc(-c2cnc([C@H](C)[C@H]3CC[C@@H](C(=O)O)[C@@H](C)C3)nc2)c1. The summed E-state index contributed by atoms with van der Waals surface area (Å²) in [5, 5.41) is 49.5. The minimum atomic E-state index is -2.67. The summed E-state index contributed by atoms with van der Waals surface area (Å²) in [5.74, 6) is 2.02. The fourth-order valence-corrected chi connectivity index (χ4v) is 19.6. The van der Waals surface area contributed by atoms with Gasteiger partial charge in [0.1, 0.15) is 46.1 Å². The number of anilines is 8. The molecular weight excluding hydrogens is 1810 g/mol. The molecule has 0 aliphatic heterocycles. The molecule has 8 N–H and O–H groups in total. The van der Waals surface area contributed by atoms with E-state index in [1.807, 2.05) is 128 Å². The van der Waals surface area contributed by atoms with Gasteiger partial charge in [-0.1, -0.05) is 79.7 Å². The second kappa shape index (κ2) is 47.1. The summed E-state index contributed by atoms with van der Waals surface area (Å²) < 4.78 is 104. The minimum Gasteiger partial charge on any atom is -0.481 e. The molecular formula is C104H116F8N20O8. The van der Waals surface area contributed by atoms with Crippen molar-refractivity contribution in [2.24, 2.45) is 71.0 Å². The molecule has 4 aliphatic carbocycles. The lowest BCUT2D eigenvalue weighted by atomic mass is 9.71. The van der Waals surface area contributed by atoms with Gasteiger partial charge in [-0.15, -0.1) is 0 Å². The van der Waals surface area contributed by atoms with E-state index in [4.69, 9.17) is 0 Å². The van der Waals surface area contributed by atoms with Crippen molar-refractivity contribution in [3.8, 4) is 44.5 Å². The molecule has 140 heavy (non-hydrogen) atoms. The summed E-state index contributed by atoms with van der Waals surface area (Å²) in [6.07, 6.45) is 18.4. The molecule has 4 aromatic carbocycles. The molecule has 0 bridgehead atoms. The molecule has 4 fully saturated rings. The average molecular weight is 1930 g/mol. The lowest BCUT2D eigenvalue weighted by Crippen LogP contribution is -2.31. The molecule has 8 heterocycles. The van der Waals surface area contributed by atoms with E-state index >= 15 is 0 Å². The van der Waals surface area contributed by atoms with Crippen molar-refractivity contribution in [2.75, 3.05) is 21.3 Å². The molecule has 0 saturated heterocycles. The van der Waals surface area contributed by atoms with Crippen LogP contribution in [0, 0.1) is 98.7 Å². The Balaban J connectivity index is 0.000000157. The summed E-state index contributed by atoms with van der Waals surface area (Å²) in [7, 11) is 0. The fraction of sp³-hybridized carbons (Fsp3) is 0.423. The Bertz CT molecular complexity index is 5500. The zero-order valence-corrected chi connectivity index (χ0v) is 79.8. The lowest BCUT2D eigenvalue weighted by molar-refractivity contribution is -0.146. The smallest absolute Gasteiger partial charge is 0.306 e. The number of carboxylic acid groups (broad SMARTS) is 4. The Kier molecular flexibility index (Phi) is 34.8. The zero-order valence-electron chi connectivity index (χ0n) is 79.8. The Labute approximate surface area is 806 Å². The number of hydrogen-bond donors (Lipinski definition) is 8. The first kappa shape index (κ1) is 103. The molecule has 0 radical (unpaired) electrons. The van der Waals surface area contributed by atoms with Crippen LogP contribution >= 0.6 is 0 Å². The molecule has 0 amide bonds. The highest BCUT2D eigenvalue weighted by Gasteiger charge is 2.40. The zero-order chi connectivity index (χ0) is 100. The van der Waals surface area contributed by atoms with Gasteiger partial charge >= 0.3 is 23.9 Å². The average Bonchev–Trinajstić information content (AvgIpc) is 0.819. The van der Waals surface area contributed by atoms with Crippen LogP contribution in [0.5, 0.6) is 0 Å². The van der Waals surface area contributed by atoms with Crippen molar-refractivity contribution in [3.05, 3.63) is 240 Å². The van der Waals surface area contributed by atoms with Gasteiger partial charge in [-0.2, -0.15) is 0 Å². The van der Waals surface area contributed by atoms with Crippen LogP contribution < -0.4 is 21.3 Å². The van der Waals surface area contributed by atoms with Gasteiger partial charge in [0.25, 0.3) is 25.7 Å². The molecule has 0 spiro atoms. The van der Waals surface area contributed by atoms with E-state index in [1.165, 1.54) is 49.1 Å². The molecule has 4 aliphatic rings. The number of aliphatic carboxylic acids is 4. The monoisotopic (exact) mass is 1920 g/mol. The Morgan fingerprint density at radius 2 is 0.464 bits per heavy atom. The summed E-state index contributed by atoms with van der Waals surface area (Å²) in [4.78, 5) is 114. The quantitative estimate of drug-likeness (QED) is 0.0211. The molecule has 12 aromatic rings. The van der Waals surface area contributed by atoms with Crippen LogP contribution in [0.3, 0.4) is 0 Å². The number of aromatic nitrogens is 16. The lowest BCUT2D eigenvalue weighted by Gasteiger charge is -2.34. The number of rotatable bonds is 28. The van der Waals surface area contributed by atoms with Gasteiger partial charge in [0.15, 0.2) is 0 Å². The minimum absolute atomic E-state index is 0.103. The van der Waals surface area contributed by atoms with E-state index in [-0.39, 0.29) is 118 Å². The predicted molar refractivity (Wildman–Crippen MR) is 514 cm³/mol. The van der Waals surface area contributed by atoms with Crippen LogP contribution in [0.15, 0.2) is 171 Å². The van der Waals surface area contributed by atoms with Gasteiger partial charge in [-0.25, -0.2) is 115 Å². The Morgan fingerprint density at radius 3 is 0.629 bits per heavy atom. The number of nitrogens with zero attached hydrogens (tertiary/aromatic N) is 16. The van der Waals surface area contributed by atoms with Crippen molar-refractivity contribution < 1.29 is 74.7 Å². The van der Waals surface area contributed by atoms with Crippen LogP contribution in [-0.4, -0.2) is 124 Å². The molecule has 4 saturated carbocycles. The predicted octanol–water partition coefficient (Wildman–Crippen LogP) is 24.7. The van der Waals surface area contributed by atoms with Crippen LogP contribution in [-0.2, 0) is 19.2 Å². The first-order valence-electron chi connectivity index (χ1n) is 47.0. The number of alkyl halides is 8. The number of carboxylic acids is 4. The molecule has 0 unspecified atom stereocenters. The fourth-order valence-electron chi connectivity index (χ4n) is 19.6. The van der Waals surface area contributed by atoms with Gasteiger partial charge in [0.05, 0.1) is 23.7 Å². The number of hydrogen-bond acceptors (Lipinski definition) is 24. The van der Waals surface area contributed by atoms with E-state index in [0.717, 1.165) is 141 Å². The molecule has 28 nitrogen and oxygen atoms in total. The second-order valence-electron chi connectivity index (χ2n) is 37.7. The van der Waals surface area contributed by atoms with Crippen LogP contribution in [0.2, 0.25) is 0 Å². The molecule has 8 aromatic heterocycles. The maximum absolute atomic E-state index is 13.0. The standard InChI is InChI=1S/4C26H29F2N5O2/c4*1-14-8-18(11-20(9-14)32-26-29-7-6-22(33-26)23(27)28)19-12-30-24(31-13-19)16(3)17-4-5-21(25(34)35)15(2)10-17/h4*6-9,11-13,15-17,21,23H,4-5,10H2,1-3H3,(H,34,35)(H,29,32,33)/t2*15-,16+,17-,21+;2*15-,16-,17-,21+/m1010/s1. The summed E-state index contributed by atoms with van der Waals surface area (Å²) >= 11 is 0. The summed E-state index contributed by atoms with van der Waals surface area (Å²) in [5.41, 5.74) is 12.1. The van der Waals surface area contributed by atoms with Gasteiger partial charge in [-0.05, 0) is 269 Å². The maximum atomic E-state index is 13.0. The second-order valence-corrected chi connectivity index (χ2v) is 37.7. The third kappa shape index (κ3) is 27.3. The Morgan fingerprint density at radius 1 is 0.279 bits per heavy atom. The van der Waals surface area contributed by atoms with Gasteiger partial charge < -0.3 is 41.7 Å². The van der Waals surface area contributed by atoms with Crippen LogP contribution in [0.25, 0.3) is 44.5 Å². The highest BCUT2D eigenvalue weighted by Crippen LogP contribution is 2.46. The van der Waals surface area contributed by atoms with Crippen LogP contribution in [0.4, 0.5) is 81.7 Å². The number of benzene rings is 4. The van der Waals surface area contributed by atoms with Crippen molar-refractivity contribution >= 4 is 70.4 Å². The van der Waals surface area contributed by atoms with Crippen molar-refractivity contribution in [1.29, 1.82) is 0 Å². The van der Waals surface area contributed by atoms with Crippen molar-refractivity contribution in [3.63, 3.8) is 0 Å². The highest BCUT2D eigenvalue weighted by atomic mass is 19.3. The third-order valence-electron chi connectivity index (χ3n) is 27.5. The van der Waals surface area contributed by atoms with E-state index < -0.39 is 49.6 Å². The summed E-state index contributed by atoms with van der Waals surface area (Å²) in [6.45, 7) is 24.2. The van der Waals surface area contributed by atoms with E-state index in [9.17, 15) is 74.7 Å². The number of carbonyl (C=O) groups is 4. The number of nitrogens with one attached hydrogen (secondary N) is 4. The van der Waals surface area contributed by atoms with E-state index in [2.05, 4.69) is 129 Å². The van der Waals surface area contributed by atoms with E-state index in [0.29, 0.717) is 72.1 Å². The van der Waals surface area contributed by atoms with Crippen molar-refractivity contribution in [2.45, 2.75) is 210 Å².